The van der Waals surface area contributed by atoms with Crippen molar-refractivity contribution < 1.29 is 9.84 Å². The second-order valence-corrected chi connectivity index (χ2v) is 5.52. The number of hydrogen-bond donors (Lipinski definition) is 2. The lowest BCUT2D eigenvalue weighted by Gasteiger charge is -2.23. The quantitative estimate of drug-likeness (QED) is 0.782. The third-order valence-corrected chi connectivity index (χ3v) is 2.78. The van der Waals surface area contributed by atoms with E-state index < -0.39 is 0 Å². The minimum atomic E-state index is -0.132. The van der Waals surface area contributed by atoms with Crippen molar-refractivity contribution in [1.82, 2.24) is 0 Å². The molecule has 1 aromatic carbocycles. The number of rotatable bonds is 7. The third-order valence-electron chi connectivity index (χ3n) is 2.78. The Balaban J connectivity index is 2.74. The molecule has 0 amide bonds. The average molecular weight is 251 g/mol. The van der Waals surface area contributed by atoms with Gasteiger partial charge in [-0.05, 0) is 31.0 Å². The summed E-state index contributed by atoms with van der Waals surface area (Å²) in [6.45, 7) is 9.81. The number of anilines is 1. The van der Waals surface area contributed by atoms with Gasteiger partial charge in [0.2, 0.25) is 0 Å². The molecule has 1 rings (SSSR count). The molecule has 0 radical (unpaired) electrons. The molecular weight excluding hydrogens is 226 g/mol. The van der Waals surface area contributed by atoms with E-state index >= 15 is 0 Å². The minimum Gasteiger partial charge on any atom is -0.491 e. The first-order valence-electron chi connectivity index (χ1n) is 6.56. The van der Waals surface area contributed by atoms with Crippen LogP contribution in [0.25, 0.3) is 0 Å². The molecule has 0 aliphatic carbocycles. The molecule has 1 aromatic rings. The van der Waals surface area contributed by atoms with Gasteiger partial charge in [0.15, 0.2) is 0 Å². The lowest BCUT2D eigenvalue weighted by atomic mass is 9.95. The molecule has 0 aromatic heterocycles. The Labute approximate surface area is 110 Å². The van der Waals surface area contributed by atoms with Crippen LogP contribution in [-0.4, -0.2) is 24.9 Å². The van der Waals surface area contributed by atoms with Gasteiger partial charge in [0, 0.05) is 18.6 Å². The zero-order valence-corrected chi connectivity index (χ0v) is 11.9. The van der Waals surface area contributed by atoms with Crippen LogP contribution in [0.3, 0.4) is 0 Å². The van der Waals surface area contributed by atoms with E-state index in [9.17, 15) is 5.11 Å². The van der Waals surface area contributed by atoms with E-state index in [2.05, 4.69) is 25.2 Å². The van der Waals surface area contributed by atoms with E-state index in [1.54, 1.807) is 0 Å². The molecule has 0 heterocycles. The fourth-order valence-electron chi connectivity index (χ4n) is 1.50. The summed E-state index contributed by atoms with van der Waals surface area (Å²) in [4.78, 5) is 0. The number of benzene rings is 1. The van der Waals surface area contributed by atoms with Crippen molar-refractivity contribution >= 4 is 5.69 Å². The molecule has 0 saturated carbocycles. The normalized spacial score (nSPS) is 11.4. The van der Waals surface area contributed by atoms with Crippen molar-refractivity contribution in [3.8, 4) is 5.75 Å². The van der Waals surface area contributed by atoms with Gasteiger partial charge in [-0.25, -0.2) is 0 Å². The average Bonchev–Trinajstić information content (AvgIpc) is 2.35. The van der Waals surface area contributed by atoms with Crippen molar-refractivity contribution in [1.29, 1.82) is 0 Å². The van der Waals surface area contributed by atoms with Crippen LogP contribution in [0.5, 0.6) is 5.75 Å². The molecule has 0 bridgehead atoms. The van der Waals surface area contributed by atoms with Crippen LogP contribution < -0.4 is 10.1 Å². The van der Waals surface area contributed by atoms with Gasteiger partial charge in [-0.3, -0.25) is 0 Å². The molecule has 0 aliphatic heterocycles. The standard InChI is InChI=1S/C15H25NO2/c1-5-8-18-14-9-12(2)6-7-13(14)16-10-15(3,4)11-17/h6-7,9,16-17H,5,8,10-11H2,1-4H3. The van der Waals surface area contributed by atoms with Crippen molar-refractivity contribution in [3.63, 3.8) is 0 Å². The molecule has 0 unspecified atom stereocenters. The molecule has 0 atom stereocenters. The molecule has 102 valence electrons. The molecule has 18 heavy (non-hydrogen) atoms. The Hall–Kier alpha value is -1.22. The molecule has 0 fully saturated rings. The molecule has 2 N–H and O–H groups in total. The number of aryl methyl sites for hydroxylation is 1. The topological polar surface area (TPSA) is 41.5 Å². The fourth-order valence-corrected chi connectivity index (χ4v) is 1.50. The van der Waals surface area contributed by atoms with Crippen molar-refractivity contribution in [2.24, 2.45) is 5.41 Å². The zero-order valence-electron chi connectivity index (χ0n) is 11.9. The van der Waals surface area contributed by atoms with Gasteiger partial charge < -0.3 is 15.2 Å². The number of hydrogen-bond acceptors (Lipinski definition) is 3. The van der Waals surface area contributed by atoms with Crippen LogP contribution in [0, 0.1) is 12.3 Å². The Morgan fingerprint density at radius 1 is 1.33 bits per heavy atom. The highest BCUT2D eigenvalue weighted by molar-refractivity contribution is 5.57. The molecule has 0 saturated heterocycles. The van der Waals surface area contributed by atoms with E-state index in [1.165, 1.54) is 5.56 Å². The van der Waals surface area contributed by atoms with Crippen LogP contribution in [0.2, 0.25) is 0 Å². The lowest BCUT2D eigenvalue weighted by molar-refractivity contribution is 0.170. The summed E-state index contributed by atoms with van der Waals surface area (Å²) < 4.78 is 5.74. The zero-order chi connectivity index (χ0) is 13.6. The van der Waals surface area contributed by atoms with Crippen LogP contribution in [-0.2, 0) is 0 Å². The van der Waals surface area contributed by atoms with Gasteiger partial charge in [-0.1, -0.05) is 26.8 Å². The highest BCUT2D eigenvalue weighted by atomic mass is 16.5. The van der Waals surface area contributed by atoms with E-state index in [0.717, 1.165) is 31.0 Å². The van der Waals surface area contributed by atoms with Crippen LogP contribution in [0.4, 0.5) is 5.69 Å². The maximum absolute atomic E-state index is 9.26. The lowest BCUT2D eigenvalue weighted by Crippen LogP contribution is -2.27. The summed E-state index contributed by atoms with van der Waals surface area (Å²) >= 11 is 0. The Bertz CT molecular complexity index is 375. The maximum atomic E-state index is 9.26. The molecule has 0 spiro atoms. The predicted molar refractivity (Wildman–Crippen MR) is 76.3 cm³/mol. The summed E-state index contributed by atoms with van der Waals surface area (Å²) in [5.74, 6) is 0.894. The van der Waals surface area contributed by atoms with Gasteiger partial charge in [0.05, 0.1) is 12.3 Å². The maximum Gasteiger partial charge on any atom is 0.142 e. The Morgan fingerprint density at radius 2 is 2.06 bits per heavy atom. The first-order chi connectivity index (χ1) is 8.48. The smallest absolute Gasteiger partial charge is 0.142 e. The van der Waals surface area contributed by atoms with Gasteiger partial charge in [0.25, 0.3) is 0 Å². The summed E-state index contributed by atoms with van der Waals surface area (Å²) in [5.41, 5.74) is 2.05. The van der Waals surface area contributed by atoms with Crippen LogP contribution in [0.1, 0.15) is 32.8 Å². The summed E-state index contributed by atoms with van der Waals surface area (Å²) in [7, 11) is 0. The van der Waals surface area contributed by atoms with E-state index in [-0.39, 0.29) is 12.0 Å². The predicted octanol–water partition coefficient (Wildman–Crippen LogP) is 3.21. The monoisotopic (exact) mass is 251 g/mol. The third kappa shape index (κ3) is 4.57. The largest absolute Gasteiger partial charge is 0.491 e. The SMILES string of the molecule is CCCOc1cc(C)ccc1NCC(C)(C)CO. The summed E-state index contributed by atoms with van der Waals surface area (Å²) in [5, 5.41) is 12.6. The van der Waals surface area contributed by atoms with Crippen molar-refractivity contribution in [3.05, 3.63) is 23.8 Å². The van der Waals surface area contributed by atoms with E-state index in [1.807, 2.05) is 26.0 Å². The number of aliphatic hydroxyl groups is 1. The highest BCUT2D eigenvalue weighted by Gasteiger charge is 2.16. The van der Waals surface area contributed by atoms with Crippen LogP contribution >= 0.6 is 0 Å². The van der Waals surface area contributed by atoms with Crippen LogP contribution in [0.15, 0.2) is 18.2 Å². The molecular formula is C15H25NO2. The first-order valence-corrected chi connectivity index (χ1v) is 6.56. The number of ether oxygens (including phenoxy) is 1. The summed E-state index contributed by atoms with van der Waals surface area (Å²) in [6.07, 6.45) is 0.996. The van der Waals surface area contributed by atoms with Gasteiger partial charge in [-0.2, -0.15) is 0 Å². The highest BCUT2D eigenvalue weighted by Crippen LogP contribution is 2.27. The first kappa shape index (κ1) is 14.8. The van der Waals surface area contributed by atoms with Gasteiger partial charge in [0.1, 0.15) is 5.75 Å². The molecule has 0 aliphatic rings. The molecule has 3 heteroatoms. The molecule has 3 nitrogen and oxygen atoms in total. The van der Waals surface area contributed by atoms with E-state index in [4.69, 9.17) is 4.74 Å². The Kier molecular flexibility index (Phi) is 5.48. The van der Waals surface area contributed by atoms with Crippen molar-refractivity contribution in [2.45, 2.75) is 34.1 Å². The second kappa shape index (κ2) is 6.64. The van der Waals surface area contributed by atoms with E-state index in [0.29, 0.717) is 0 Å². The van der Waals surface area contributed by atoms with Crippen molar-refractivity contribution in [2.75, 3.05) is 25.1 Å². The number of nitrogens with one attached hydrogen (secondary N) is 1. The Morgan fingerprint density at radius 3 is 2.67 bits per heavy atom. The fraction of sp³-hybridized carbons (Fsp3) is 0.600. The van der Waals surface area contributed by atoms with Gasteiger partial charge in [-0.15, -0.1) is 0 Å². The number of aliphatic hydroxyl groups excluding tert-OH is 1. The van der Waals surface area contributed by atoms with Gasteiger partial charge >= 0.3 is 0 Å². The summed E-state index contributed by atoms with van der Waals surface area (Å²) in [6, 6.07) is 6.14. The second-order valence-electron chi connectivity index (χ2n) is 5.52. The minimum absolute atomic E-state index is 0.132.